The quantitative estimate of drug-likeness (QED) is 0.583. The number of halogens is 1. The monoisotopic (exact) mass is 349 g/mol. The van der Waals surface area contributed by atoms with Gasteiger partial charge in [-0.25, -0.2) is 14.6 Å². The first kappa shape index (κ1) is 15.6. The van der Waals surface area contributed by atoms with Gasteiger partial charge in [-0.1, -0.05) is 29.8 Å². The maximum absolute atomic E-state index is 6.06. The first-order chi connectivity index (χ1) is 12.2. The van der Waals surface area contributed by atoms with Gasteiger partial charge in [-0.2, -0.15) is 5.10 Å². The largest absolute Gasteiger partial charge is 0.363 e. The Morgan fingerprint density at radius 2 is 1.96 bits per heavy atom. The molecule has 0 aliphatic carbocycles. The molecule has 0 saturated heterocycles. The zero-order valence-corrected chi connectivity index (χ0v) is 14.4. The number of aromatic nitrogens is 4. The lowest BCUT2D eigenvalue weighted by atomic mass is 10.1. The number of hydrogen-bond acceptors (Lipinski definition) is 4. The third-order valence-electron chi connectivity index (χ3n) is 4.11. The number of para-hydroxylation sites is 1. The Morgan fingerprint density at radius 3 is 2.80 bits per heavy atom. The van der Waals surface area contributed by atoms with Crippen molar-refractivity contribution in [1.29, 1.82) is 0 Å². The third-order valence-corrected chi connectivity index (χ3v) is 4.34. The Hall–Kier alpha value is -2.92. The van der Waals surface area contributed by atoms with Crippen LogP contribution in [0, 0.1) is 0 Å². The Morgan fingerprint density at radius 1 is 1.08 bits per heavy atom. The lowest BCUT2D eigenvalue weighted by Gasteiger charge is -2.19. The first-order valence-corrected chi connectivity index (χ1v) is 8.36. The highest BCUT2D eigenvalue weighted by Gasteiger charge is 2.14. The minimum Gasteiger partial charge on any atom is -0.363 e. The van der Waals surface area contributed by atoms with E-state index < -0.39 is 0 Å². The topological polar surface area (TPSA) is 55.6 Å². The number of nitrogens with one attached hydrogen (secondary N) is 1. The molecular weight excluding hydrogens is 334 g/mol. The number of nitrogens with zero attached hydrogens (tertiary/aromatic N) is 4. The van der Waals surface area contributed by atoms with E-state index in [2.05, 4.69) is 39.4 Å². The summed E-state index contributed by atoms with van der Waals surface area (Å²) in [6, 6.07) is 15.8. The van der Waals surface area contributed by atoms with Crippen molar-refractivity contribution >= 4 is 28.3 Å². The highest BCUT2D eigenvalue weighted by atomic mass is 35.5. The van der Waals surface area contributed by atoms with Crippen molar-refractivity contribution in [2.45, 2.75) is 13.0 Å². The second-order valence-corrected chi connectivity index (χ2v) is 6.20. The van der Waals surface area contributed by atoms with E-state index in [4.69, 9.17) is 11.6 Å². The molecule has 1 atom stereocenters. The van der Waals surface area contributed by atoms with Crippen molar-refractivity contribution in [3.05, 3.63) is 77.8 Å². The average Bonchev–Trinajstić information content (AvgIpc) is 3.16. The molecule has 0 aliphatic rings. The second kappa shape index (κ2) is 6.53. The molecule has 25 heavy (non-hydrogen) atoms. The van der Waals surface area contributed by atoms with E-state index in [1.165, 1.54) is 0 Å². The minimum absolute atomic E-state index is 0.0363. The summed E-state index contributed by atoms with van der Waals surface area (Å²) in [5.41, 5.74) is 2.98. The standard InChI is InChI=1S/C19H16ClN5/c1-13(15-5-2-3-6-18(15)25-10-4-9-23-25)24-19-16-8-7-14(20)11-17(16)21-12-22-19/h2-13H,1H3,(H,21,22,24). The number of rotatable bonds is 4. The summed E-state index contributed by atoms with van der Waals surface area (Å²) >= 11 is 6.06. The lowest BCUT2D eigenvalue weighted by Crippen LogP contribution is -2.12. The molecule has 4 aromatic rings. The smallest absolute Gasteiger partial charge is 0.137 e. The van der Waals surface area contributed by atoms with E-state index in [-0.39, 0.29) is 6.04 Å². The summed E-state index contributed by atoms with van der Waals surface area (Å²) in [7, 11) is 0. The Balaban J connectivity index is 1.71. The minimum atomic E-state index is 0.0363. The molecule has 0 aliphatic heterocycles. The summed E-state index contributed by atoms with van der Waals surface area (Å²) in [5, 5.41) is 9.43. The van der Waals surface area contributed by atoms with Crippen LogP contribution in [0.5, 0.6) is 0 Å². The first-order valence-electron chi connectivity index (χ1n) is 7.98. The summed E-state index contributed by atoms with van der Waals surface area (Å²) in [4.78, 5) is 8.70. The van der Waals surface area contributed by atoms with Gasteiger partial charge in [0, 0.05) is 22.8 Å². The van der Waals surface area contributed by atoms with Gasteiger partial charge in [0.05, 0.1) is 17.2 Å². The van der Waals surface area contributed by atoms with Crippen molar-refractivity contribution in [3.63, 3.8) is 0 Å². The molecule has 1 unspecified atom stereocenters. The van der Waals surface area contributed by atoms with Crippen LogP contribution in [0.4, 0.5) is 5.82 Å². The highest BCUT2D eigenvalue weighted by Crippen LogP contribution is 2.28. The van der Waals surface area contributed by atoms with Gasteiger partial charge in [0.15, 0.2) is 0 Å². The van der Waals surface area contributed by atoms with Gasteiger partial charge in [-0.3, -0.25) is 0 Å². The predicted octanol–water partition coefficient (Wildman–Crippen LogP) is 4.64. The average molecular weight is 350 g/mol. The van der Waals surface area contributed by atoms with Gasteiger partial charge in [0.25, 0.3) is 0 Å². The van der Waals surface area contributed by atoms with Gasteiger partial charge in [0.2, 0.25) is 0 Å². The fourth-order valence-electron chi connectivity index (χ4n) is 2.90. The number of hydrogen-bond donors (Lipinski definition) is 1. The van der Waals surface area contributed by atoms with Crippen molar-refractivity contribution in [2.24, 2.45) is 0 Å². The van der Waals surface area contributed by atoms with Crippen LogP contribution in [0.1, 0.15) is 18.5 Å². The molecule has 4 rings (SSSR count). The summed E-state index contributed by atoms with van der Waals surface area (Å²) in [6.45, 7) is 2.10. The van der Waals surface area contributed by atoms with E-state index in [1.54, 1.807) is 12.5 Å². The lowest BCUT2D eigenvalue weighted by molar-refractivity contribution is 0.815. The highest BCUT2D eigenvalue weighted by molar-refractivity contribution is 6.31. The molecule has 0 radical (unpaired) electrons. The molecule has 0 bridgehead atoms. The van der Waals surface area contributed by atoms with Crippen LogP contribution < -0.4 is 5.32 Å². The number of fused-ring (bicyclic) bond motifs is 1. The van der Waals surface area contributed by atoms with E-state index in [1.807, 2.05) is 47.3 Å². The van der Waals surface area contributed by atoms with Crippen molar-refractivity contribution in [1.82, 2.24) is 19.7 Å². The molecule has 0 spiro atoms. The Bertz CT molecular complexity index is 1010. The second-order valence-electron chi connectivity index (χ2n) is 5.76. The summed E-state index contributed by atoms with van der Waals surface area (Å²) in [6.07, 6.45) is 5.26. The SMILES string of the molecule is CC(Nc1ncnc2cc(Cl)ccc12)c1ccccc1-n1cccn1. The van der Waals surface area contributed by atoms with Crippen LogP contribution in [-0.4, -0.2) is 19.7 Å². The molecule has 0 fully saturated rings. The maximum Gasteiger partial charge on any atom is 0.137 e. The van der Waals surface area contributed by atoms with Gasteiger partial charge in [-0.15, -0.1) is 0 Å². The van der Waals surface area contributed by atoms with Crippen molar-refractivity contribution in [3.8, 4) is 5.69 Å². The van der Waals surface area contributed by atoms with Crippen LogP contribution >= 0.6 is 11.6 Å². The molecule has 2 heterocycles. The zero-order chi connectivity index (χ0) is 17.2. The molecule has 0 amide bonds. The maximum atomic E-state index is 6.06. The molecular formula is C19H16ClN5. The van der Waals surface area contributed by atoms with Crippen molar-refractivity contribution < 1.29 is 0 Å². The molecule has 124 valence electrons. The molecule has 1 N–H and O–H groups in total. The molecule has 2 aromatic heterocycles. The van der Waals surface area contributed by atoms with Crippen LogP contribution in [0.15, 0.2) is 67.3 Å². The van der Waals surface area contributed by atoms with E-state index in [9.17, 15) is 0 Å². The number of benzene rings is 2. The molecule has 2 aromatic carbocycles. The molecule has 0 saturated carbocycles. The van der Waals surface area contributed by atoms with E-state index in [0.717, 1.165) is 28.0 Å². The summed E-state index contributed by atoms with van der Waals surface area (Å²) < 4.78 is 1.87. The third kappa shape index (κ3) is 3.06. The van der Waals surface area contributed by atoms with Gasteiger partial charge in [0.1, 0.15) is 12.1 Å². The Labute approximate surface area is 150 Å². The van der Waals surface area contributed by atoms with Crippen LogP contribution in [0.2, 0.25) is 5.02 Å². The fourth-order valence-corrected chi connectivity index (χ4v) is 3.07. The van der Waals surface area contributed by atoms with E-state index in [0.29, 0.717) is 5.02 Å². The number of anilines is 1. The van der Waals surface area contributed by atoms with Gasteiger partial charge < -0.3 is 5.32 Å². The zero-order valence-electron chi connectivity index (χ0n) is 13.6. The van der Waals surface area contributed by atoms with Gasteiger partial charge >= 0.3 is 0 Å². The molecule has 6 heteroatoms. The predicted molar refractivity (Wildman–Crippen MR) is 100 cm³/mol. The van der Waals surface area contributed by atoms with Crippen LogP contribution in [0.25, 0.3) is 16.6 Å². The Kier molecular flexibility index (Phi) is 4.07. The summed E-state index contributed by atoms with van der Waals surface area (Å²) in [5.74, 6) is 0.782. The van der Waals surface area contributed by atoms with Crippen molar-refractivity contribution in [2.75, 3.05) is 5.32 Å². The van der Waals surface area contributed by atoms with Crippen LogP contribution in [-0.2, 0) is 0 Å². The normalized spacial score (nSPS) is 12.2. The fraction of sp³-hybridized carbons (Fsp3) is 0.105. The van der Waals surface area contributed by atoms with Crippen LogP contribution in [0.3, 0.4) is 0 Å². The van der Waals surface area contributed by atoms with Gasteiger partial charge in [-0.05, 0) is 42.8 Å². The molecule has 5 nitrogen and oxygen atoms in total. The van der Waals surface area contributed by atoms with E-state index >= 15 is 0 Å².